The van der Waals surface area contributed by atoms with Crippen LogP contribution < -0.4 is 0 Å². The first-order chi connectivity index (χ1) is 9.13. The van der Waals surface area contributed by atoms with Crippen LogP contribution in [0.25, 0.3) is 0 Å². The fourth-order valence-corrected chi connectivity index (χ4v) is 2.40. The average Bonchev–Trinajstić information content (AvgIpc) is 2.42. The van der Waals surface area contributed by atoms with Crippen LogP contribution in [0.4, 0.5) is 0 Å². The lowest BCUT2D eigenvalue weighted by molar-refractivity contribution is -0.144. The van der Waals surface area contributed by atoms with E-state index in [1.807, 2.05) is 29.0 Å². The Balaban J connectivity index is 2.13. The summed E-state index contributed by atoms with van der Waals surface area (Å²) in [5.41, 5.74) is 1.07. The fourth-order valence-electron chi connectivity index (χ4n) is 2.40. The van der Waals surface area contributed by atoms with Gasteiger partial charge in [-0.05, 0) is 31.7 Å². The number of nitrogens with zero attached hydrogens (tertiary/aromatic N) is 4. The molecule has 2 unspecified atom stereocenters. The monoisotopic (exact) mass is 258 g/mol. The Labute approximate surface area is 113 Å². The maximum Gasteiger partial charge on any atom is 0.241 e. The van der Waals surface area contributed by atoms with Gasteiger partial charge < -0.3 is 4.90 Å². The second-order valence-corrected chi connectivity index (χ2v) is 4.97. The van der Waals surface area contributed by atoms with Crippen molar-refractivity contribution in [2.24, 2.45) is 0 Å². The number of aromatic nitrogens is 1. The van der Waals surface area contributed by atoms with Gasteiger partial charge >= 0.3 is 0 Å². The molecule has 0 aliphatic carbocycles. The Morgan fingerprint density at radius 3 is 2.79 bits per heavy atom. The number of likely N-dealkylation sites (N-methyl/N-ethyl adjacent to an activating group) is 1. The number of amides is 1. The van der Waals surface area contributed by atoms with E-state index < -0.39 is 0 Å². The molecule has 0 aromatic carbocycles. The molecule has 2 heterocycles. The third-order valence-corrected chi connectivity index (χ3v) is 3.68. The van der Waals surface area contributed by atoms with E-state index in [9.17, 15) is 4.79 Å². The normalized spacial score (nSPS) is 24.3. The minimum atomic E-state index is -0.324. The first-order valence-electron chi connectivity index (χ1n) is 6.40. The van der Waals surface area contributed by atoms with E-state index in [-0.39, 0.29) is 24.4 Å². The molecule has 1 aliphatic heterocycles. The standard InChI is InChI=1S/C14H18N4O/c1-11-9-18(10-12-4-7-16-8-5-12)14(19)13(3-6-15)17(11)2/h4-5,7-8,11,13H,3,9-10H2,1-2H3. The molecule has 0 bridgehead atoms. The molecule has 1 aromatic rings. The quantitative estimate of drug-likeness (QED) is 0.812. The molecule has 0 saturated carbocycles. The van der Waals surface area contributed by atoms with Gasteiger partial charge in [0.2, 0.25) is 5.91 Å². The zero-order valence-corrected chi connectivity index (χ0v) is 11.3. The summed E-state index contributed by atoms with van der Waals surface area (Å²) in [5.74, 6) is 0.0407. The minimum Gasteiger partial charge on any atom is -0.335 e. The Hall–Kier alpha value is -1.93. The minimum absolute atomic E-state index is 0.0407. The first-order valence-corrected chi connectivity index (χ1v) is 6.40. The number of carbonyl (C=O) groups excluding carboxylic acids is 1. The predicted molar refractivity (Wildman–Crippen MR) is 70.9 cm³/mol. The Kier molecular flexibility index (Phi) is 4.13. The third kappa shape index (κ3) is 2.91. The van der Waals surface area contributed by atoms with Crippen LogP contribution in [0.3, 0.4) is 0 Å². The van der Waals surface area contributed by atoms with Crippen molar-refractivity contribution >= 4 is 5.91 Å². The molecule has 1 amide bonds. The lowest BCUT2D eigenvalue weighted by Crippen LogP contribution is -2.59. The van der Waals surface area contributed by atoms with Crippen LogP contribution in [0.15, 0.2) is 24.5 Å². The number of piperazine rings is 1. The second kappa shape index (κ2) is 5.81. The van der Waals surface area contributed by atoms with Gasteiger partial charge in [0.1, 0.15) is 6.04 Å². The maximum absolute atomic E-state index is 12.4. The summed E-state index contributed by atoms with van der Waals surface area (Å²) in [6.07, 6.45) is 3.70. The van der Waals surface area contributed by atoms with Crippen LogP contribution in [0.1, 0.15) is 18.9 Å². The van der Waals surface area contributed by atoms with Crippen LogP contribution in [0.2, 0.25) is 0 Å². The zero-order chi connectivity index (χ0) is 13.8. The summed E-state index contributed by atoms with van der Waals surface area (Å²) < 4.78 is 0. The molecule has 2 atom stereocenters. The van der Waals surface area contributed by atoms with Gasteiger partial charge in [0.25, 0.3) is 0 Å². The number of pyridine rings is 1. The topological polar surface area (TPSA) is 60.2 Å². The fraction of sp³-hybridized carbons (Fsp3) is 0.500. The molecular weight excluding hydrogens is 240 g/mol. The molecule has 5 nitrogen and oxygen atoms in total. The van der Waals surface area contributed by atoms with Gasteiger partial charge in [0, 0.05) is 31.5 Å². The van der Waals surface area contributed by atoms with Crippen LogP contribution in [0.5, 0.6) is 0 Å². The summed E-state index contributed by atoms with van der Waals surface area (Å²) in [6.45, 7) is 3.36. The Morgan fingerprint density at radius 2 is 2.16 bits per heavy atom. The van der Waals surface area contributed by atoms with E-state index in [2.05, 4.69) is 18.0 Å². The largest absolute Gasteiger partial charge is 0.335 e. The Morgan fingerprint density at radius 1 is 1.47 bits per heavy atom. The van der Waals surface area contributed by atoms with Gasteiger partial charge in [0.05, 0.1) is 12.5 Å². The van der Waals surface area contributed by atoms with E-state index in [4.69, 9.17) is 5.26 Å². The van der Waals surface area contributed by atoms with E-state index in [1.165, 1.54) is 0 Å². The van der Waals surface area contributed by atoms with E-state index in [1.54, 1.807) is 12.4 Å². The molecule has 1 aromatic heterocycles. The van der Waals surface area contributed by atoms with Crippen molar-refractivity contribution in [1.82, 2.24) is 14.8 Å². The van der Waals surface area contributed by atoms with Crippen molar-refractivity contribution in [3.05, 3.63) is 30.1 Å². The molecule has 19 heavy (non-hydrogen) atoms. The lowest BCUT2D eigenvalue weighted by atomic mass is 10.0. The first kappa shape index (κ1) is 13.5. The van der Waals surface area contributed by atoms with Gasteiger partial charge in [-0.15, -0.1) is 0 Å². The maximum atomic E-state index is 12.4. The SMILES string of the molecule is CC1CN(Cc2ccncc2)C(=O)C(CC#N)N1C. The van der Waals surface area contributed by atoms with Crippen LogP contribution in [-0.2, 0) is 11.3 Å². The number of rotatable bonds is 3. The van der Waals surface area contributed by atoms with Gasteiger partial charge in [-0.3, -0.25) is 14.7 Å². The van der Waals surface area contributed by atoms with Crippen molar-refractivity contribution in [2.45, 2.75) is 32.0 Å². The third-order valence-electron chi connectivity index (χ3n) is 3.68. The molecule has 100 valence electrons. The molecule has 2 rings (SSSR count). The lowest BCUT2D eigenvalue weighted by Gasteiger charge is -2.42. The molecule has 1 aliphatic rings. The highest BCUT2D eigenvalue weighted by atomic mass is 16.2. The number of nitriles is 1. The molecular formula is C14H18N4O. The molecule has 1 fully saturated rings. The summed E-state index contributed by atoms with van der Waals surface area (Å²) in [7, 11) is 1.91. The van der Waals surface area contributed by atoms with E-state index in [0.717, 1.165) is 5.56 Å². The van der Waals surface area contributed by atoms with Gasteiger partial charge in [-0.2, -0.15) is 5.26 Å². The van der Waals surface area contributed by atoms with Crippen molar-refractivity contribution in [1.29, 1.82) is 5.26 Å². The summed E-state index contributed by atoms with van der Waals surface area (Å²) in [4.78, 5) is 20.2. The highest BCUT2D eigenvalue weighted by molar-refractivity contribution is 5.83. The van der Waals surface area contributed by atoms with Crippen LogP contribution >= 0.6 is 0 Å². The average molecular weight is 258 g/mol. The molecule has 1 saturated heterocycles. The number of carbonyl (C=O) groups is 1. The summed E-state index contributed by atoms with van der Waals surface area (Å²) in [6, 6.07) is 5.87. The molecule has 0 N–H and O–H groups in total. The zero-order valence-electron chi connectivity index (χ0n) is 11.3. The van der Waals surface area contributed by atoms with E-state index >= 15 is 0 Å². The highest BCUT2D eigenvalue weighted by Crippen LogP contribution is 2.19. The highest BCUT2D eigenvalue weighted by Gasteiger charge is 2.36. The summed E-state index contributed by atoms with van der Waals surface area (Å²) in [5, 5.41) is 8.86. The Bertz CT molecular complexity index is 482. The van der Waals surface area contributed by atoms with Crippen molar-refractivity contribution in [3.8, 4) is 6.07 Å². The number of hydrogen-bond acceptors (Lipinski definition) is 4. The van der Waals surface area contributed by atoms with Crippen molar-refractivity contribution in [3.63, 3.8) is 0 Å². The van der Waals surface area contributed by atoms with Gasteiger partial charge in [-0.25, -0.2) is 0 Å². The molecule has 0 spiro atoms. The predicted octanol–water partition coefficient (Wildman–Crippen LogP) is 1.03. The molecule has 0 radical (unpaired) electrons. The van der Waals surface area contributed by atoms with Gasteiger partial charge in [-0.1, -0.05) is 0 Å². The van der Waals surface area contributed by atoms with Crippen molar-refractivity contribution in [2.75, 3.05) is 13.6 Å². The van der Waals surface area contributed by atoms with E-state index in [0.29, 0.717) is 13.1 Å². The molecule has 5 heteroatoms. The number of hydrogen-bond donors (Lipinski definition) is 0. The second-order valence-electron chi connectivity index (χ2n) is 4.97. The summed E-state index contributed by atoms with van der Waals surface area (Å²) >= 11 is 0. The van der Waals surface area contributed by atoms with Gasteiger partial charge in [0.15, 0.2) is 0 Å². The smallest absolute Gasteiger partial charge is 0.241 e. The van der Waals surface area contributed by atoms with Crippen molar-refractivity contribution < 1.29 is 4.79 Å². The van der Waals surface area contributed by atoms with Crippen LogP contribution in [0, 0.1) is 11.3 Å². The van der Waals surface area contributed by atoms with Crippen LogP contribution in [-0.4, -0.2) is 46.4 Å².